The second-order valence-corrected chi connectivity index (χ2v) is 3.96. The van der Waals surface area contributed by atoms with Crippen LogP contribution >= 0.6 is 0 Å². The number of carbonyl (C=O) groups is 1. The predicted molar refractivity (Wildman–Crippen MR) is 73.0 cm³/mol. The Balaban J connectivity index is 3.30. The largest absolute Gasteiger partial charge is 0.481 e. The van der Waals surface area contributed by atoms with Gasteiger partial charge in [-0.25, -0.2) is 0 Å². The first-order chi connectivity index (χ1) is 8.27. The lowest BCUT2D eigenvalue weighted by Crippen LogP contribution is -1.93. The number of hydrogen-bond donors (Lipinski definition) is 1. The number of carboxylic acids is 1. The van der Waals surface area contributed by atoms with Gasteiger partial charge in [-0.05, 0) is 32.1 Å². The molecule has 96 valence electrons. The molecule has 0 aromatic rings. The maximum Gasteiger partial charge on any atom is 0.303 e. The fourth-order valence-electron chi connectivity index (χ4n) is 1.39. The summed E-state index contributed by atoms with van der Waals surface area (Å²) in [5.41, 5.74) is 0. The third-order valence-corrected chi connectivity index (χ3v) is 2.32. The van der Waals surface area contributed by atoms with E-state index in [1.54, 1.807) is 0 Å². The number of allylic oxidation sites excluding steroid dienone is 6. The maximum atomic E-state index is 10.3. The quantitative estimate of drug-likeness (QED) is 0.345. The van der Waals surface area contributed by atoms with Crippen LogP contribution in [0.1, 0.15) is 51.9 Å². The highest BCUT2D eigenvalue weighted by Crippen LogP contribution is 2.03. The fourth-order valence-corrected chi connectivity index (χ4v) is 1.39. The van der Waals surface area contributed by atoms with Crippen molar-refractivity contribution >= 4 is 5.97 Å². The van der Waals surface area contributed by atoms with Gasteiger partial charge in [-0.1, -0.05) is 49.8 Å². The normalized spacial score (nSPS) is 12.1. The van der Waals surface area contributed by atoms with Crippen molar-refractivity contribution in [2.45, 2.75) is 51.9 Å². The molecular weight excluding hydrogens is 212 g/mol. The van der Waals surface area contributed by atoms with E-state index in [4.69, 9.17) is 5.11 Å². The standard InChI is InChI=1S/C15H24O2/c1-2-3-4-5-6-7-8-9-10-11-12-13-14-15(16)17/h3-4,6-9H,2,5,10-14H2,1H3,(H,16,17). The molecule has 0 spiro atoms. The van der Waals surface area contributed by atoms with Gasteiger partial charge in [-0.3, -0.25) is 4.79 Å². The molecule has 0 fully saturated rings. The molecule has 0 unspecified atom stereocenters. The highest BCUT2D eigenvalue weighted by atomic mass is 16.4. The highest BCUT2D eigenvalue weighted by molar-refractivity contribution is 5.66. The molecule has 0 saturated carbocycles. The first-order valence-corrected chi connectivity index (χ1v) is 6.45. The van der Waals surface area contributed by atoms with Crippen LogP contribution in [-0.2, 0) is 4.79 Å². The van der Waals surface area contributed by atoms with Gasteiger partial charge in [0, 0.05) is 6.42 Å². The first-order valence-electron chi connectivity index (χ1n) is 6.45. The van der Waals surface area contributed by atoms with Gasteiger partial charge in [0.05, 0.1) is 0 Å². The van der Waals surface area contributed by atoms with Crippen molar-refractivity contribution in [1.82, 2.24) is 0 Å². The van der Waals surface area contributed by atoms with Crippen molar-refractivity contribution in [3.05, 3.63) is 36.5 Å². The van der Waals surface area contributed by atoms with Crippen molar-refractivity contribution in [3.63, 3.8) is 0 Å². The minimum absolute atomic E-state index is 0.299. The van der Waals surface area contributed by atoms with E-state index in [-0.39, 0.29) is 0 Å². The maximum absolute atomic E-state index is 10.3. The molecule has 0 atom stereocenters. The first kappa shape index (κ1) is 15.7. The summed E-state index contributed by atoms with van der Waals surface area (Å²) < 4.78 is 0. The Morgan fingerprint density at radius 1 is 1.00 bits per heavy atom. The van der Waals surface area contributed by atoms with Crippen LogP contribution < -0.4 is 0 Å². The van der Waals surface area contributed by atoms with Crippen molar-refractivity contribution in [2.24, 2.45) is 0 Å². The van der Waals surface area contributed by atoms with E-state index < -0.39 is 5.97 Å². The van der Waals surface area contributed by atoms with Gasteiger partial charge in [0.1, 0.15) is 0 Å². The molecule has 0 bridgehead atoms. The minimum Gasteiger partial charge on any atom is -0.481 e. The van der Waals surface area contributed by atoms with Crippen LogP contribution in [0.4, 0.5) is 0 Å². The van der Waals surface area contributed by atoms with Gasteiger partial charge in [0.25, 0.3) is 0 Å². The Kier molecular flexibility index (Phi) is 11.8. The van der Waals surface area contributed by atoms with E-state index in [0.717, 1.165) is 38.5 Å². The number of rotatable bonds is 10. The molecule has 0 radical (unpaired) electrons. The zero-order valence-corrected chi connectivity index (χ0v) is 10.8. The van der Waals surface area contributed by atoms with Gasteiger partial charge in [0.2, 0.25) is 0 Å². The average Bonchev–Trinajstić information content (AvgIpc) is 2.30. The fraction of sp³-hybridized carbons (Fsp3) is 0.533. The zero-order valence-electron chi connectivity index (χ0n) is 10.8. The third-order valence-electron chi connectivity index (χ3n) is 2.32. The molecular formula is C15H24O2. The van der Waals surface area contributed by atoms with E-state index in [1.165, 1.54) is 0 Å². The predicted octanol–water partition coefficient (Wildman–Crippen LogP) is 4.49. The zero-order chi connectivity index (χ0) is 12.8. The molecule has 0 aliphatic rings. The van der Waals surface area contributed by atoms with Gasteiger partial charge < -0.3 is 5.11 Å². The summed E-state index contributed by atoms with van der Waals surface area (Å²) in [4.78, 5) is 10.3. The Bertz CT molecular complexity index is 262. The van der Waals surface area contributed by atoms with Crippen molar-refractivity contribution < 1.29 is 9.90 Å². The van der Waals surface area contributed by atoms with E-state index in [1.807, 2.05) is 0 Å². The number of aliphatic carboxylic acids is 1. The van der Waals surface area contributed by atoms with Crippen molar-refractivity contribution in [3.8, 4) is 0 Å². The monoisotopic (exact) mass is 236 g/mol. The number of carboxylic acid groups (broad SMARTS) is 1. The Morgan fingerprint density at radius 3 is 2.47 bits per heavy atom. The highest BCUT2D eigenvalue weighted by Gasteiger charge is 1.94. The Hall–Kier alpha value is -1.31. The lowest BCUT2D eigenvalue weighted by molar-refractivity contribution is -0.137. The van der Waals surface area contributed by atoms with E-state index >= 15 is 0 Å². The lowest BCUT2D eigenvalue weighted by Gasteiger charge is -1.94. The summed E-state index contributed by atoms with van der Waals surface area (Å²) >= 11 is 0. The van der Waals surface area contributed by atoms with Crippen molar-refractivity contribution in [1.29, 1.82) is 0 Å². The molecule has 0 heterocycles. The molecule has 2 heteroatoms. The van der Waals surface area contributed by atoms with Gasteiger partial charge in [-0.15, -0.1) is 0 Å². The van der Waals surface area contributed by atoms with Gasteiger partial charge in [-0.2, -0.15) is 0 Å². The summed E-state index contributed by atoms with van der Waals surface area (Å²) in [5, 5.41) is 8.45. The van der Waals surface area contributed by atoms with Crippen LogP contribution in [0.3, 0.4) is 0 Å². The Labute approximate surface area is 105 Å². The van der Waals surface area contributed by atoms with Crippen LogP contribution in [0, 0.1) is 0 Å². The van der Waals surface area contributed by atoms with Gasteiger partial charge >= 0.3 is 5.97 Å². The Morgan fingerprint density at radius 2 is 1.76 bits per heavy atom. The summed E-state index contributed by atoms with van der Waals surface area (Å²) in [6, 6.07) is 0. The van der Waals surface area contributed by atoms with Crippen molar-refractivity contribution in [2.75, 3.05) is 0 Å². The van der Waals surface area contributed by atoms with Crippen LogP contribution in [0.5, 0.6) is 0 Å². The second kappa shape index (κ2) is 12.8. The molecule has 0 aliphatic carbocycles. The topological polar surface area (TPSA) is 37.3 Å². The minimum atomic E-state index is -0.691. The molecule has 0 rings (SSSR count). The van der Waals surface area contributed by atoms with Crippen LogP contribution in [0.25, 0.3) is 0 Å². The lowest BCUT2D eigenvalue weighted by atomic mass is 10.1. The third kappa shape index (κ3) is 14.7. The molecule has 0 aromatic carbocycles. The molecule has 0 aliphatic heterocycles. The van der Waals surface area contributed by atoms with Crippen LogP contribution in [0.15, 0.2) is 36.5 Å². The van der Waals surface area contributed by atoms with E-state index in [9.17, 15) is 4.79 Å². The number of unbranched alkanes of at least 4 members (excludes halogenated alkanes) is 3. The second-order valence-electron chi connectivity index (χ2n) is 3.96. The van der Waals surface area contributed by atoms with Crippen LogP contribution in [-0.4, -0.2) is 11.1 Å². The molecule has 1 N–H and O–H groups in total. The number of hydrogen-bond acceptors (Lipinski definition) is 1. The molecule has 2 nitrogen and oxygen atoms in total. The van der Waals surface area contributed by atoms with E-state index in [0.29, 0.717) is 6.42 Å². The summed E-state index contributed by atoms with van der Waals surface area (Å²) in [5.74, 6) is -0.691. The molecule has 0 saturated heterocycles. The SMILES string of the molecule is CCC=CCC=CC=CCCCCCC(=O)O. The van der Waals surface area contributed by atoms with Crippen LogP contribution in [0.2, 0.25) is 0 Å². The molecule has 17 heavy (non-hydrogen) atoms. The smallest absolute Gasteiger partial charge is 0.303 e. The summed E-state index contributed by atoms with van der Waals surface area (Å²) in [6.45, 7) is 2.13. The van der Waals surface area contributed by atoms with E-state index in [2.05, 4.69) is 43.4 Å². The molecule has 0 aromatic heterocycles. The summed E-state index contributed by atoms with van der Waals surface area (Å²) in [6.07, 6.45) is 19.0. The molecule has 0 amide bonds. The average molecular weight is 236 g/mol. The summed E-state index contributed by atoms with van der Waals surface area (Å²) in [7, 11) is 0. The van der Waals surface area contributed by atoms with Gasteiger partial charge in [0.15, 0.2) is 0 Å².